The number of likely N-dealkylation sites (N-methyl/N-ethyl adjacent to an activating group) is 1. The fourth-order valence-corrected chi connectivity index (χ4v) is 2.37. The number of hydrogen-bond donors (Lipinski definition) is 2. The number of halogens is 3. The maximum absolute atomic E-state index is 13.3. The van der Waals surface area contributed by atoms with E-state index in [0.717, 1.165) is 23.4 Å². The molecular weight excluding hydrogens is 349 g/mol. The Bertz CT molecular complexity index is 847. The normalized spacial score (nSPS) is 11.4. The van der Waals surface area contributed by atoms with Gasteiger partial charge in [-0.15, -0.1) is 0 Å². The van der Waals surface area contributed by atoms with E-state index < -0.39 is 28.8 Å². The summed E-state index contributed by atoms with van der Waals surface area (Å²) in [5.74, 6) is -0.730. The average molecular weight is 368 g/mol. The SMILES string of the molecule is CCNCCNC(=O)c1nn(-c2ccccc2C(F)(F)F)c(C)cc1=O. The van der Waals surface area contributed by atoms with Crippen molar-refractivity contribution >= 4 is 5.91 Å². The quantitative estimate of drug-likeness (QED) is 0.764. The molecule has 9 heteroatoms. The summed E-state index contributed by atoms with van der Waals surface area (Å²) in [4.78, 5) is 24.2. The second-order valence-electron chi connectivity index (χ2n) is 5.53. The molecular formula is C17H19F3N4O2. The Hall–Kier alpha value is -2.68. The molecule has 0 atom stereocenters. The number of aromatic nitrogens is 2. The first-order chi connectivity index (χ1) is 12.3. The summed E-state index contributed by atoms with van der Waals surface area (Å²) in [5, 5.41) is 9.40. The Labute approximate surface area is 148 Å². The second kappa shape index (κ2) is 8.13. The van der Waals surface area contributed by atoms with E-state index in [1.807, 2.05) is 6.92 Å². The number of hydrogen-bond acceptors (Lipinski definition) is 4. The van der Waals surface area contributed by atoms with E-state index in [0.29, 0.717) is 6.54 Å². The highest BCUT2D eigenvalue weighted by Gasteiger charge is 2.34. The van der Waals surface area contributed by atoms with Gasteiger partial charge in [0.05, 0.1) is 11.3 Å². The van der Waals surface area contributed by atoms with Crippen LogP contribution in [0.2, 0.25) is 0 Å². The van der Waals surface area contributed by atoms with Crippen LogP contribution in [-0.2, 0) is 6.18 Å². The van der Waals surface area contributed by atoms with Crippen LogP contribution in [0.15, 0.2) is 35.1 Å². The maximum atomic E-state index is 13.3. The molecule has 0 spiro atoms. The molecule has 0 aliphatic rings. The van der Waals surface area contributed by atoms with Gasteiger partial charge in [-0.1, -0.05) is 19.1 Å². The topological polar surface area (TPSA) is 76.0 Å². The number of nitrogens with one attached hydrogen (secondary N) is 2. The summed E-state index contributed by atoms with van der Waals surface area (Å²) in [6.45, 7) is 4.84. The smallest absolute Gasteiger partial charge is 0.349 e. The van der Waals surface area contributed by atoms with Crippen LogP contribution in [0.5, 0.6) is 0 Å². The van der Waals surface area contributed by atoms with Crippen molar-refractivity contribution < 1.29 is 18.0 Å². The molecule has 2 N–H and O–H groups in total. The lowest BCUT2D eigenvalue weighted by molar-refractivity contribution is -0.137. The first kappa shape index (κ1) is 19.6. The minimum Gasteiger partial charge on any atom is -0.349 e. The van der Waals surface area contributed by atoms with Crippen LogP contribution in [0.25, 0.3) is 5.69 Å². The molecule has 0 bridgehead atoms. The van der Waals surface area contributed by atoms with Crippen molar-refractivity contribution in [1.82, 2.24) is 20.4 Å². The Morgan fingerprint density at radius 1 is 1.23 bits per heavy atom. The zero-order valence-corrected chi connectivity index (χ0v) is 14.4. The summed E-state index contributed by atoms with van der Waals surface area (Å²) in [5.41, 5.74) is -2.07. The number of alkyl halides is 3. The van der Waals surface area contributed by atoms with Crippen LogP contribution < -0.4 is 16.1 Å². The highest BCUT2D eigenvalue weighted by Crippen LogP contribution is 2.33. The summed E-state index contributed by atoms with van der Waals surface area (Å²) in [6.07, 6.45) is -4.60. The number of benzene rings is 1. The molecule has 0 unspecified atom stereocenters. The summed E-state index contributed by atoms with van der Waals surface area (Å²) in [7, 11) is 0. The third-order valence-electron chi connectivity index (χ3n) is 3.60. The van der Waals surface area contributed by atoms with Crippen LogP contribution in [0.4, 0.5) is 13.2 Å². The fraction of sp³-hybridized carbons (Fsp3) is 0.353. The predicted octanol–water partition coefficient (Wildman–Crippen LogP) is 1.90. The van der Waals surface area contributed by atoms with Crippen molar-refractivity contribution in [2.75, 3.05) is 19.6 Å². The van der Waals surface area contributed by atoms with Gasteiger partial charge in [0, 0.05) is 24.8 Å². The van der Waals surface area contributed by atoms with Gasteiger partial charge in [-0.05, 0) is 25.6 Å². The van der Waals surface area contributed by atoms with E-state index in [1.54, 1.807) is 0 Å². The zero-order valence-electron chi connectivity index (χ0n) is 14.4. The van der Waals surface area contributed by atoms with E-state index in [2.05, 4.69) is 15.7 Å². The van der Waals surface area contributed by atoms with Gasteiger partial charge >= 0.3 is 6.18 Å². The van der Waals surface area contributed by atoms with Crippen molar-refractivity contribution in [3.05, 3.63) is 57.5 Å². The Morgan fingerprint density at radius 3 is 2.58 bits per heavy atom. The number of rotatable bonds is 6. The standard InChI is InChI=1S/C17H19F3N4O2/c1-3-21-8-9-22-16(26)15-14(25)10-11(2)24(23-15)13-7-5-4-6-12(13)17(18,19)20/h4-7,10,21H,3,8-9H2,1-2H3,(H,22,26). The first-order valence-electron chi connectivity index (χ1n) is 8.02. The second-order valence-corrected chi connectivity index (χ2v) is 5.53. The minimum atomic E-state index is -4.60. The summed E-state index contributed by atoms with van der Waals surface area (Å²) in [6, 6.07) is 5.95. The number of carbonyl (C=O) groups excluding carboxylic acids is 1. The van der Waals surface area contributed by atoms with Crippen LogP contribution >= 0.6 is 0 Å². The Morgan fingerprint density at radius 2 is 1.92 bits per heavy atom. The number of aryl methyl sites for hydroxylation is 1. The molecule has 1 aromatic carbocycles. The molecule has 1 heterocycles. The molecule has 0 aliphatic carbocycles. The van der Waals surface area contributed by atoms with Crippen LogP contribution in [-0.4, -0.2) is 35.3 Å². The van der Waals surface area contributed by atoms with Crippen molar-refractivity contribution in [3.8, 4) is 5.69 Å². The number of carbonyl (C=O) groups is 1. The van der Waals surface area contributed by atoms with Gasteiger partial charge < -0.3 is 10.6 Å². The summed E-state index contributed by atoms with van der Waals surface area (Å²) >= 11 is 0. The van der Waals surface area contributed by atoms with Gasteiger partial charge in [-0.3, -0.25) is 9.59 Å². The molecule has 2 aromatic rings. The van der Waals surface area contributed by atoms with Crippen LogP contribution in [0.3, 0.4) is 0 Å². The van der Waals surface area contributed by atoms with Crippen LogP contribution in [0.1, 0.15) is 28.7 Å². The fourth-order valence-electron chi connectivity index (χ4n) is 2.37. The lowest BCUT2D eigenvalue weighted by Crippen LogP contribution is -2.36. The molecule has 1 amide bonds. The largest absolute Gasteiger partial charge is 0.418 e. The first-order valence-corrected chi connectivity index (χ1v) is 8.02. The Kier molecular flexibility index (Phi) is 6.14. The van der Waals surface area contributed by atoms with E-state index in [-0.39, 0.29) is 17.9 Å². The third kappa shape index (κ3) is 4.48. The van der Waals surface area contributed by atoms with Gasteiger partial charge in [-0.25, -0.2) is 4.68 Å². The van der Waals surface area contributed by atoms with Gasteiger partial charge in [0.25, 0.3) is 5.91 Å². The van der Waals surface area contributed by atoms with Crippen molar-refractivity contribution in [2.45, 2.75) is 20.0 Å². The highest BCUT2D eigenvalue weighted by atomic mass is 19.4. The lowest BCUT2D eigenvalue weighted by atomic mass is 10.1. The third-order valence-corrected chi connectivity index (χ3v) is 3.60. The van der Waals surface area contributed by atoms with E-state index in [9.17, 15) is 22.8 Å². The zero-order chi connectivity index (χ0) is 19.3. The molecule has 1 aromatic heterocycles. The molecule has 0 fully saturated rings. The summed E-state index contributed by atoms with van der Waals surface area (Å²) < 4.78 is 40.7. The number of amides is 1. The van der Waals surface area contributed by atoms with Gasteiger partial charge in [0.1, 0.15) is 0 Å². The highest BCUT2D eigenvalue weighted by molar-refractivity contribution is 5.92. The molecule has 0 aliphatic heterocycles. The van der Waals surface area contributed by atoms with E-state index in [1.165, 1.54) is 25.1 Å². The molecule has 6 nitrogen and oxygen atoms in total. The number of para-hydroxylation sites is 1. The van der Waals surface area contributed by atoms with E-state index >= 15 is 0 Å². The lowest BCUT2D eigenvalue weighted by Gasteiger charge is -2.16. The van der Waals surface area contributed by atoms with Crippen molar-refractivity contribution in [1.29, 1.82) is 0 Å². The van der Waals surface area contributed by atoms with Gasteiger partial charge in [0.2, 0.25) is 5.43 Å². The maximum Gasteiger partial charge on any atom is 0.418 e. The van der Waals surface area contributed by atoms with Crippen molar-refractivity contribution in [2.24, 2.45) is 0 Å². The Balaban J connectivity index is 2.44. The predicted molar refractivity (Wildman–Crippen MR) is 90.4 cm³/mol. The molecule has 26 heavy (non-hydrogen) atoms. The van der Waals surface area contributed by atoms with Crippen LogP contribution in [0, 0.1) is 6.92 Å². The minimum absolute atomic E-state index is 0.191. The average Bonchev–Trinajstić information content (AvgIpc) is 2.58. The monoisotopic (exact) mass is 368 g/mol. The molecule has 0 saturated carbocycles. The van der Waals surface area contributed by atoms with Gasteiger partial charge in [0.15, 0.2) is 5.69 Å². The molecule has 0 radical (unpaired) electrons. The van der Waals surface area contributed by atoms with E-state index in [4.69, 9.17) is 0 Å². The molecule has 2 rings (SSSR count). The van der Waals surface area contributed by atoms with Crippen molar-refractivity contribution in [3.63, 3.8) is 0 Å². The molecule has 140 valence electrons. The van der Waals surface area contributed by atoms with Gasteiger partial charge in [-0.2, -0.15) is 18.3 Å². The molecule has 0 saturated heterocycles. The number of nitrogens with zero attached hydrogens (tertiary/aromatic N) is 2.